The van der Waals surface area contributed by atoms with Gasteiger partial charge in [0.25, 0.3) is 0 Å². The van der Waals surface area contributed by atoms with E-state index in [4.69, 9.17) is 5.73 Å². The first-order valence-corrected chi connectivity index (χ1v) is 5.88. The van der Waals surface area contributed by atoms with E-state index in [2.05, 4.69) is 16.9 Å². The molecule has 0 atom stereocenters. The molecule has 0 spiro atoms. The summed E-state index contributed by atoms with van der Waals surface area (Å²) >= 11 is 0. The van der Waals surface area contributed by atoms with E-state index in [1.54, 1.807) is 0 Å². The van der Waals surface area contributed by atoms with Crippen molar-refractivity contribution in [1.82, 2.24) is 9.97 Å². The Kier molecular flexibility index (Phi) is 4.28. The van der Waals surface area contributed by atoms with Gasteiger partial charge in [-0.25, -0.2) is 9.97 Å². The van der Waals surface area contributed by atoms with Crippen molar-refractivity contribution in [2.75, 3.05) is 24.3 Å². The van der Waals surface area contributed by atoms with Gasteiger partial charge in [-0.1, -0.05) is 13.3 Å². The summed E-state index contributed by atoms with van der Waals surface area (Å²) in [6, 6.07) is 0. The molecule has 96 valence electrons. The Morgan fingerprint density at radius 3 is 2.59 bits per heavy atom. The molecule has 1 aromatic rings. The Balaban J connectivity index is 3.17. The first kappa shape index (κ1) is 13.7. The van der Waals surface area contributed by atoms with E-state index in [0.717, 1.165) is 24.2 Å². The van der Waals surface area contributed by atoms with E-state index < -0.39 is 0 Å². The second-order valence-corrected chi connectivity index (χ2v) is 4.84. The first-order valence-electron chi connectivity index (χ1n) is 5.88. The fourth-order valence-electron chi connectivity index (χ4n) is 1.59. The summed E-state index contributed by atoms with van der Waals surface area (Å²) in [7, 11) is 1.91. The van der Waals surface area contributed by atoms with E-state index in [1.807, 2.05) is 25.8 Å². The van der Waals surface area contributed by atoms with Crippen molar-refractivity contribution >= 4 is 11.6 Å². The zero-order valence-corrected chi connectivity index (χ0v) is 11.1. The maximum atomic E-state index is 9.40. The molecular weight excluding hydrogens is 216 g/mol. The van der Waals surface area contributed by atoms with Crippen LogP contribution in [0.2, 0.25) is 0 Å². The highest BCUT2D eigenvalue weighted by Gasteiger charge is 2.26. The Labute approximate surface area is 103 Å². The van der Waals surface area contributed by atoms with Gasteiger partial charge >= 0.3 is 0 Å². The molecule has 0 aliphatic carbocycles. The fraction of sp³-hybridized carbons (Fsp3) is 0.667. The van der Waals surface area contributed by atoms with Crippen LogP contribution in [0.1, 0.15) is 32.8 Å². The van der Waals surface area contributed by atoms with Crippen LogP contribution in [0.5, 0.6) is 0 Å². The molecule has 0 aromatic carbocycles. The van der Waals surface area contributed by atoms with E-state index in [0.29, 0.717) is 5.82 Å². The molecule has 0 amide bonds. The number of likely N-dealkylation sites (N-methyl/N-ethyl adjacent to an activating group) is 1. The van der Waals surface area contributed by atoms with Crippen LogP contribution in [0, 0.1) is 0 Å². The van der Waals surface area contributed by atoms with Gasteiger partial charge in [-0.05, 0) is 20.3 Å². The minimum Gasteiger partial charge on any atom is -0.394 e. The van der Waals surface area contributed by atoms with E-state index in [1.165, 1.54) is 6.33 Å². The first-order chi connectivity index (χ1) is 7.94. The lowest BCUT2D eigenvalue weighted by atomic mass is 10.0. The zero-order valence-electron chi connectivity index (χ0n) is 11.1. The van der Waals surface area contributed by atoms with Gasteiger partial charge in [-0.2, -0.15) is 0 Å². The number of rotatable bonds is 5. The van der Waals surface area contributed by atoms with Gasteiger partial charge in [0, 0.05) is 12.6 Å². The van der Waals surface area contributed by atoms with Crippen LogP contribution in [0.25, 0.3) is 0 Å². The molecule has 1 heterocycles. The summed E-state index contributed by atoms with van der Waals surface area (Å²) in [5.74, 6) is 1.33. The monoisotopic (exact) mass is 238 g/mol. The number of hydrogen-bond donors (Lipinski definition) is 2. The van der Waals surface area contributed by atoms with Crippen LogP contribution in [0.15, 0.2) is 6.33 Å². The lowest BCUT2D eigenvalue weighted by Gasteiger charge is -2.36. The lowest BCUT2D eigenvalue weighted by molar-refractivity contribution is 0.215. The van der Waals surface area contributed by atoms with Gasteiger partial charge in [-0.3, -0.25) is 0 Å². The molecule has 0 radical (unpaired) electrons. The molecule has 17 heavy (non-hydrogen) atoms. The molecule has 0 bridgehead atoms. The standard InChI is InChI=1S/C12H22N4O/c1-5-6-9-10(13)14-8-15-11(9)16(4)12(2,3)7-17/h8,17H,5-7H2,1-4H3,(H2,13,14,15). The SMILES string of the molecule is CCCc1c(N)ncnc1N(C)C(C)(C)CO. The van der Waals surface area contributed by atoms with Crippen molar-refractivity contribution in [3.05, 3.63) is 11.9 Å². The Bertz CT molecular complexity index is 379. The number of nitrogens with two attached hydrogens (primary N) is 1. The van der Waals surface area contributed by atoms with Crippen molar-refractivity contribution < 1.29 is 5.11 Å². The Hall–Kier alpha value is -1.36. The Morgan fingerprint density at radius 1 is 1.41 bits per heavy atom. The number of nitrogens with zero attached hydrogens (tertiary/aromatic N) is 3. The van der Waals surface area contributed by atoms with Crippen molar-refractivity contribution in [2.24, 2.45) is 0 Å². The lowest BCUT2D eigenvalue weighted by Crippen LogP contribution is -2.45. The maximum absolute atomic E-state index is 9.40. The number of aromatic nitrogens is 2. The van der Waals surface area contributed by atoms with Crippen molar-refractivity contribution in [2.45, 2.75) is 39.2 Å². The number of hydrogen-bond acceptors (Lipinski definition) is 5. The minimum atomic E-state index is -0.372. The third-order valence-corrected chi connectivity index (χ3v) is 3.07. The highest BCUT2D eigenvalue weighted by molar-refractivity contribution is 5.57. The fourth-order valence-corrected chi connectivity index (χ4v) is 1.59. The molecule has 5 nitrogen and oxygen atoms in total. The van der Waals surface area contributed by atoms with Crippen LogP contribution >= 0.6 is 0 Å². The molecule has 0 fully saturated rings. The highest BCUT2D eigenvalue weighted by atomic mass is 16.3. The largest absolute Gasteiger partial charge is 0.394 e. The molecule has 0 unspecified atom stereocenters. The van der Waals surface area contributed by atoms with Crippen molar-refractivity contribution in [3.8, 4) is 0 Å². The summed E-state index contributed by atoms with van der Waals surface area (Å²) in [5.41, 5.74) is 6.48. The molecular formula is C12H22N4O. The van der Waals surface area contributed by atoms with Crippen molar-refractivity contribution in [3.63, 3.8) is 0 Å². The predicted octanol–water partition coefficient (Wildman–Crippen LogP) is 1.22. The van der Waals surface area contributed by atoms with Gasteiger partial charge < -0.3 is 15.7 Å². The molecule has 0 aliphatic heterocycles. The molecule has 1 aromatic heterocycles. The summed E-state index contributed by atoms with van der Waals surface area (Å²) < 4.78 is 0. The Morgan fingerprint density at radius 2 is 2.06 bits per heavy atom. The van der Waals surface area contributed by atoms with Crippen LogP contribution in [-0.2, 0) is 6.42 Å². The van der Waals surface area contributed by atoms with Crippen LogP contribution in [0.3, 0.4) is 0 Å². The molecule has 0 saturated carbocycles. The van der Waals surface area contributed by atoms with Crippen LogP contribution in [0.4, 0.5) is 11.6 Å². The summed E-state index contributed by atoms with van der Waals surface area (Å²) in [5, 5.41) is 9.40. The molecule has 1 rings (SSSR count). The minimum absolute atomic E-state index is 0.0545. The van der Waals surface area contributed by atoms with E-state index in [9.17, 15) is 5.11 Å². The van der Waals surface area contributed by atoms with E-state index in [-0.39, 0.29) is 12.1 Å². The topological polar surface area (TPSA) is 75.3 Å². The van der Waals surface area contributed by atoms with Crippen molar-refractivity contribution in [1.29, 1.82) is 0 Å². The number of anilines is 2. The van der Waals surface area contributed by atoms with Gasteiger partial charge in [0.1, 0.15) is 18.0 Å². The quantitative estimate of drug-likeness (QED) is 0.806. The zero-order chi connectivity index (χ0) is 13.1. The van der Waals surface area contributed by atoms with Gasteiger partial charge in [0.15, 0.2) is 0 Å². The third kappa shape index (κ3) is 2.85. The third-order valence-electron chi connectivity index (χ3n) is 3.07. The van der Waals surface area contributed by atoms with Gasteiger partial charge in [0.2, 0.25) is 0 Å². The number of nitrogen functional groups attached to an aromatic ring is 1. The van der Waals surface area contributed by atoms with Gasteiger partial charge in [0.05, 0.1) is 12.1 Å². The average Bonchev–Trinajstić information content (AvgIpc) is 2.31. The number of aliphatic hydroxyl groups excluding tert-OH is 1. The number of aliphatic hydroxyl groups is 1. The second kappa shape index (κ2) is 5.31. The highest BCUT2D eigenvalue weighted by Crippen LogP contribution is 2.27. The predicted molar refractivity (Wildman–Crippen MR) is 70.0 cm³/mol. The maximum Gasteiger partial charge on any atom is 0.137 e. The van der Waals surface area contributed by atoms with Crippen LogP contribution < -0.4 is 10.6 Å². The molecule has 3 N–H and O–H groups in total. The summed E-state index contributed by atoms with van der Waals surface area (Å²) in [6.07, 6.45) is 3.29. The smallest absolute Gasteiger partial charge is 0.137 e. The second-order valence-electron chi connectivity index (χ2n) is 4.84. The molecule has 5 heteroatoms. The van der Waals surface area contributed by atoms with E-state index >= 15 is 0 Å². The molecule has 0 aliphatic rings. The summed E-state index contributed by atoms with van der Waals surface area (Å²) in [6.45, 7) is 6.06. The average molecular weight is 238 g/mol. The summed E-state index contributed by atoms with van der Waals surface area (Å²) in [4.78, 5) is 10.3. The normalized spacial score (nSPS) is 11.6. The van der Waals surface area contributed by atoms with Crippen LogP contribution in [-0.4, -0.2) is 34.3 Å². The molecule has 0 saturated heterocycles. The van der Waals surface area contributed by atoms with Gasteiger partial charge in [-0.15, -0.1) is 0 Å².